The highest BCUT2D eigenvalue weighted by Gasteiger charge is 2.41. The third-order valence-corrected chi connectivity index (χ3v) is 5.09. The summed E-state index contributed by atoms with van der Waals surface area (Å²) in [6.45, 7) is 5.12. The number of pyridine rings is 1. The number of hydrogen-bond acceptors (Lipinski definition) is 3. The normalized spacial score (nSPS) is 25.5. The maximum absolute atomic E-state index is 12.3. The molecular formula is C17H21N3O2. The lowest BCUT2D eigenvalue weighted by Gasteiger charge is -2.39. The van der Waals surface area contributed by atoms with E-state index in [1.165, 1.54) is 0 Å². The summed E-state index contributed by atoms with van der Waals surface area (Å²) in [4.78, 5) is 18.8. The van der Waals surface area contributed by atoms with E-state index in [4.69, 9.17) is 4.74 Å². The Kier molecular flexibility index (Phi) is 3.18. The van der Waals surface area contributed by atoms with E-state index in [0.717, 1.165) is 49.5 Å². The van der Waals surface area contributed by atoms with Crippen LogP contribution in [0, 0.1) is 12.3 Å². The number of carbonyl (C=O) groups is 1. The number of carbonyl (C=O) groups excluding carboxylic acids is 1. The van der Waals surface area contributed by atoms with Gasteiger partial charge in [-0.1, -0.05) is 6.07 Å². The number of rotatable bonds is 2. The summed E-state index contributed by atoms with van der Waals surface area (Å²) in [5.74, 6) is 0.250. The fourth-order valence-corrected chi connectivity index (χ4v) is 3.73. The number of amides is 1. The summed E-state index contributed by atoms with van der Waals surface area (Å²) in [6.07, 6.45) is 6.59. The molecule has 5 nitrogen and oxygen atoms in total. The number of hydrogen-bond donors (Lipinski definition) is 0. The second kappa shape index (κ2) is 5.09. The number of likely N-dealkylation sites (tertiary alicyclic amines) is 1. The molecule has 1 spiro atoms. The first-order valence-corrected chi connectivity index (χ1v) is 7.94. The molecule has 0 bridgehead atoms. The molecular weight excluding hydrogens is 278 g/mol. The van der Waals surface area contributed by atoms with Crippen molar-refractivity contribution in [3.63, 3.8) is 0 Å². The van der Waals surface area contributed by atoms with Crippen LogP contribution in [0.15, 0.2) is 24.5 Å². The predicted molar refractivity (Wildman–Crippen MR) is 82.4 cm³/mol. The fourth-order valence-electron chi connectivity index (χ4n) is 3.73. The van der Waals surface area contributed by atoms with Crippen LogP contribution in [0.3, 0.4) is 0 Å². The number of imidazole rings is 1. The van der Waals surface area contributed by atoms with Gasteiger partial charge in [-0.15, -0.1) is 0 Å². The Hall–Kier alpha value is -1.88. The van der Waals surface area contributed by atoms with E-state index in [2.05, 4.69) is 22.4 Å². The molecule has 4 rings (SSSR count). The van der Waals surface area contributed by atoms with Crippen molar-refractivity contribution in [3.8, 4) is 0 Å². The van der Waals surface area contributed by atoms with Gasteiger partial charge in [-0.25, -0.2) is 4.98 Å². The van der Waals surface area contributed by atoms with Crippen LogP contribution < -0.4 is 0 Å². The number of fused-ring (bicyclic) bond motifs is 1. The first-order chi connectivity index (χ1) is 10.7. The van der Waals surface area contributed by atoms with E-state index in [0.29, 0.717) is 13.0 Å². The van der Waals surface area contributed by atoms with Crippen LogP contribution in [0.5, 0.6) is 0 Å². The Bertz CT molecular complexity index is 716. The average molecular weight is 299 g/mol. The first kappa shape index (κ1) is 13.8. The van der Waals surface area contributed by atoms with Crippen LogP contribution >= 0.6 is 0 Å². The van der Waals surface area contributed by atoms with Gasteiger partial charge in [0.1, 0.15) is 5.65 Å². The summed E-state index contributed by atoms with van der Waals surface area (Å²) in [7, 11) is 0. The third-order valence-electron chi connectivity index (χ3n) is 5.09. The van der Waals surface area contributed by atoms with Crippen LogP contribution in [-0.2, 0) is 16.1 Å². The van der Waals surface area contributed by atoms with Gasteiger partial charge in [-0.3, -0.25) is 4.79 Å². The van der Waals surface area contributed by atoms with Crippen LogP contribution in [0.2, 0.25) is 0 Å². The van der Waals surface area contributed by atoms with E-state index >= 15 is 0 Å². The molecule has 22 heavy (non-hydrogen) atoms. The molecule has 0 saturated carbocycles. The summed E-state index contributed by atoms with van der Waals surface area (Å²) < 4.78 is 7.68. The Labute approximate surface area is 129 Å². The Morgan fingerprint density at radius 3 is 3.14 bits per heavy atom. The average Bonchev–Trinajstić information content (AvgIpc) is 3.12. The van der Waals surface area contributed by atoms with Gasteiger partial charge in [0.05, 0.1) is 25.0 Å². The SMILES string of the molecule is Cc1cccn2c(CN3C[C@]4(CCOC4)CCC3=O)cnc12. The topological polar surface area (TPSA) is 46.8 Å². The van der Waals surface area contributed by atoms with Gasteiger partial charge in [0.15, 0.2) is 0 Å². The second-order valence-corrected chi connectivity index (χ2v) is 6.69. The quantitative estimate of drug-likeness (QED) is 0.854. The van der Waals surface area contributed by atoms with E-state index in [1.807, 2.05) is 23.4 Å². The number of aromatic nitrogens is 2. The number of piperidine rings is 1. The van der Waals surface area contributed by atoms with Gasteiger partial charge in [0.2, 0.25) is 5.91 Å². The van der Waals surface area contributed by atoms with Gasteiger partial charge in [-0.2, -0.15) is 0 Å². The van der Waals surface area contributed by atoms with Crippen molar-refractivity contribution in [3.05, 3.63) is 35.8 Å². The molecule has 2 aromatic rings. The number of nitrogens with zero attached hydrogens (tertiary/aromatic N) is 3. The molecule has 2 aliphatic rings. The van der Waals surface area contributed by atoms with Crippen molar-refractivity contribution < 1.29 is 9.53 Å². The van der Waals surface area contributed by atoms with Crippen LogP contribution in [-0.4, -0.2) is 40.0 Å². The van der Waals surface area contributed by atoms with Gasteiger partial charge in [0.25, 0.3) is 0 Å². The highest BCUT2D eigenvalue weighted by atomic mass is 16.5. The van der Waals surface area contributed by atoms with Crippen molar-refractivity contribution in [2.24, 2.45) is 5.41 Å². The smallest absolute Gasteiger partial charge is 0.222 e. The minimum Gasteiger partial charge on any atom is -0.381 e. The van der Waals surface area contributed by atoms with Crippen LogP contribution in [0.25, 0.3) is 5.65 Å². The molecule has 0 radical (unpaired) electrons. The summed E-state index contributed by atoms with van der Waals surface area (Å²) in [5, 5.41) is 0. The number of ether oxygens (including phenoxy) is 1. The van der Waals surface area contributed by atoms with Crippen molar-refractivity contribution in [2.75, 3.05) is 19.8 Å². The van der Waals surface area contributed by atoms with Gasteiger partial charge in [0, 0.05) is 31.2 Å². The second-order valence-electron chi connectivity index (χ2n) is 6.69. The molecule has 2 aromatic heterocycles. The maximum atomic E-state index is 12.3. The molecule has 116 valence electrons. The molecule has 0 aromatic carbocycles. The van der Waals surface area contributed by atoms with Crippen molar-refractivity contribution in [1.82, 2.24) is 14.3 Å². The minimum absolute atomic E-state index is 0.185. The first-order valence-electron chi connectivity index (χ1n) is 7.94. The largest absolute Gasteiger partial charge is 0.381 e. The summed E-state index contributed by atoms with van der Waals surface area (Å²) >= 11 is 0. The van der Waals surface area contributed by atoms with Gasteiger partial charge >= 0.3 is 0 Å². The zero-order valence-corrected chi connectivity index (χ0v) is 12.9. The molecule has 1 amide bonds. The molecule has 0 N–H and O–H groups in total. The lowest BCUT2D eigenvalue weighted by molar-refractivity contribution is -0.138. The fraction of sp³-hybridized carbons (Fsp3) is 0.529. The molecule has 4 heterocycles. The summed E-state index contributed by atoms with van der Waals surface area (Å²) in [6, 6.07) is 4.08. The zero-order valence-electron chi connectivity index (χ0n) is 12.9. The molecule has 2 fully saturated rings. The maximum Gasteiger partial charge on any atom is 0.222 e. The molecule has 1 atom stereocenters. The van der Waals surface area contributed by atoms with Gasteiger partial charge in [-0.05, 0) is 31.4 Å². The monoisotopic (exact) mass is 299 g/mol. The minimum atomic E-state index is 0.185. The van der Waals surface area contributed by atoms with E-state index in [9.17, 15) is 4.79 Å². The molecule has 2 saturated heterocycles. The van der Waals surface area contributed by atoms with E-state index in [-0.39, 0.29) is 11.3 Å². The summed E-state index contributed by atoms with van der Waals surface area (Å²) in [5.41, 5.74) is 3.38. The third kappa shape index (κ3) is 2.20. The zero-order chi connectivity index (χ0) is 15.2. The van der Waals surface area contributed by atoms with Crippen LogP contribution in [0.4, 0.5) is 0 Å². The lowest BCUT2D eigenvalue weighted by Crippen LogP contribution is -2.46. The van der Waals surface area contributed by atoms with E-state index < -0.39 is 0 Å². The number of aryl methyl sites for hydroxylation is 1. The Morgan fingerprint density at radius 1 is 1.41 bits per heavy atom. The molecule has 0 aliphatic carbocycles. The van der Waals surface area contributed by atoms with E-state index in [1.54, 1.807) is 0 Å². The predicted octanol–water partition coefficient (Wildman–Crippen LogP) is 2.17. The lowest BCUT2D eigenvalue weighted by atomic mass is 9.79. The molecule has 0 unspecified atom stereocenters. The van der Waals surface area contributed by atoms with Crippen LogP contribution in [0.1, 0.15) is 30.5 Å². The van der Waals surface area contributed by atoms with Gasteiger partial charge < -0.3 is 14.0 Å². The standard InChI is InChI=1S/C17H21N3O2/c1-13-3-2-7-20-14(9-18-16(13)20)10-19-11-17(5-4-15(19)21)6-8-22-12-17/h2-3,7,9H,4-6,8,10-12H2,1H3/t17-/m1/s1. The Balaban J connectivity index is 1.60. The molecule has 5 heteroatoms. The molecule has 2 aliphatic heterocycles. The Morgan fingerprint density at radius 2 is 2.32 bits per heavy atom. The highest BCUT2D eigenvalue weighted by molar-refractivity contribution is 5.77. The van der Waals surface area contributed by atoms with Crippen molar-refractivity contribution in [1.29, 1.82) is 0 Å². The van der Waals surface area contributed by atoms with Crippen molar-refractivity contribution in [2.45, 2.75) is 32.7 Å². The highest BCUT2D eigenvalue weighted by Crippen LogP contribution is 2.38. The van der Waals surface area contributed by atoms with Crippen molar-refractivity contribution >= 4 is 11.6 Å².